The first kappa shape index (κ1) is 15.6. The molecule has 0 radical (unpaired) electrons. The highest BCUT2D eigenvalue weighted by molar-refractivity contribution is 7.89. The van der Waals surface area contributed by atoms with Gasteiger partial charge in [0.1, 0.15) is 4.90 Å². The molecule has 2 N–H and O–H groups in total. The summed E-state index contributed by atoms with van der Waals surface area (Å²) in [6.45, 7) is 8.42. The maximum absolute atomic E-state index is 12.7. The summed E-state index contributed by atoms with van der Waals surface area (Å²) >= 11 is 1.42. The zero-order chi connectivity index (χ0) is 13.9. The lowest BCUT2D eigenvalue weighted by Gasteiger charge is -2.26. The van der Waals surface area contributed by atoms with Gasteiger partial charge in [-0.1, -0.05) is 6.92 Å². The van der Waals surface area contributed by atoms with Gasteiger partial charge in [-0.2, -0.15) is 4.31 Å². The lowest BCUT2D eigenvalue weighted by molar-refractivity contribution is 0.354. The predicted octanol–water partition coefficient (Wildman–Crippen LogP) is 2.32. The molecule has 0 aromatic carbocycles. The van der Waals surface area contributed by atoms with Crippen LogP contribution in [0.2, 0.25) is 0 Å². The van der Waals surface area contributed by atoms with Crippen LogP contribution in [-0.4, -0.2) is 25.3 Å². The molecule has 6 heteroatoms. The summed E-state index contributed by atoms with van der Waals surface area (Å²) in [4.78, 5) is 1.16. The third kappa shape index (κ3) is 2.93. The van der Waals surface area contributed by atoms with E-state index in [9.17, 15) is 8.42 Å². The second-order valence-electron chi connectivity index (χ2n) is 4.58. The van der Waals surface area contributed by atoms with Crippen molar-refractivity contribution in [2.24, 2.45) is 5.73 Å². The zero-order valence-electron chi connectivity index (χ0n) is 11.4. The van der Waals surface area contributed by atoms with Crippen molar-refractivity contribution in [3.8, 4) is 0 Å². The van der Waals surface area contributed by atoms with E-state index in [2.05, 4.69) is 0 Å². The zero-order valence-corrected chi connectivity index (χ0v) is 13.1. The number of hydrogen-bond donors (Lipinski definition) is 1. The summed E-state index contributed by atoms with van der Waals surface area (Å²) in [6, 6.07) is -0.0418. The van der Waals surface area contributed by atoms with Gasteiger partial charge in [0.05, 0.1) is 0 Å². The molecule has 0 aliphatic heterocycles. The minimum Gasteiger partial charge on any atom is -0.326 e. The van der Waals surface area contributed by atoms with Crippen LogP contribution in [0, 0.1) is 6.92 Å². The quantitative estimate of drug-likeness (QED) is 0.874. The fraction of sp³-hybridized carbons (Fsp3) is 0.667. The molecular weight excluding hydrogens is 268 g/mol. The van der Waals surface area contributed by atoms with E-state index >= 15 is 0 Å². The van der Waals surface area contributed by atoms with Crippen LogP contribution in [0.1, 0.15) is 37.6 Å². The standard InChI is InChI=1S/C12H22N2O2S2/c1-5-6-14(9(2)3)18(15,16)12-10(4)8-17-11(12)7-13/h8-9H,5-7,13H2,1-4H3. The second kappa shape index (κ2) is 6.14. The summed E-state index contributed by atoms with van der Waals surface area (Å²) in [5.74, 6) is 0. The lowest BCUT2D eigenvalue weighted by atomic mass is 10.3. The first-order valence-electron chi connectivity index (χ1n) is 6.15. The van der Waals surface area contributed by atoms with Crippen molar-refractivity contribution in [1.82, 2.24) is 4.31 Å². The average Bonchev–Trinajstić information content (AvgIpc) is 2.67. The van der Waals surface area contributed by atoms with E-state index in [-0.39, 0.29) is 12.6 Å². The molecule has 4 nitrogen and oxygen atoms in total. The normalized spacial score (nSPS) is 12.6. The third-order valence-electron chi connectivity index (χ3n) is 2.76. The summed E-state index contributed by atoms with van der Waals surface area (Å²) in [7, 11) is -3.43. The van der Waals surface area contributed by atoms with Crippen LogP contribution in [0.25, 0.3) is 0 Å². The fourth-order valence-electron chi connectivity index (χ4n) is 1.97. The highest BCUT2D eigenvalue weighted by atomic mass is 32.2. The van der Waals surface area contributed by atoms with Crippen molar-refractivity contribution in [3.63, 3.8) is 0 Å². The van der Waals surface area contributed by atoms with Gasteiger partial charge in [0.2, 0.25) is 10.0 Å². The van der Waals surface area contributed by atoms with Crippen LogP contribution < -0.4 is 5.73 Å². The van der Waals surface area contributed by atoms with Gasteiger partial charge in [-0.05, 0) is 38.1 Å². The molecule has 0 spiro atoms. The summed E-state index contributed by atoms with van der Waals surface area (Å²) in [5.41, 5.74) is 6.43. The Balaban J connectivity index is 3.30. The average molecular weight is 290 g/mol. The number of hydrogen-bond acceptors (Lipinski definition) is 4. The van der Waals surface area contributed by atoms with Crippen molar-refractivity contribution in [3.05, 3.63) is 15.8 Å². The van der Waals surface area contributed by atoms with Gasteiger partial charge in [-0.25, -0.2) is 8.42 Å². The minimum absolute atomic E-state index is 0.0418. The Kier molecular flexibility index (Phi) is 5.33. The Hall–Kier alpha value is -0.430. The highest BCUT2D eigenvalue weighted by Crippen LogP contribution is 2.30. The van der Waals surface area contributed by atoms with E-state index in [1.54, 1.807) is 4.31 Å². The minimum atomic E-state index is -3.43. The van der Waals surface area contributed by atoms with Crippen molar-refractivity contribution in [1.29, 1.82) is 0 Å². The van der Waals surface area contributed by atoms with Gasteiger partial charge in [-0.15, -0.1) is 11.3 Å². The molecule has 1 aromatic rings. The lowest BCUT2D eigenvalue weighted by Crippen LogP contribution is -2.38. The van der Waals surface area contributed by atoms with Crippen LogP contribution in [0.15, 0.2) is 10.3 Å². The van der Waals surface area contributed by atoms with E-state index in [1.165, 1.54) is 11.3 Å². The predicted molar refractivity (Wildman–Crippen MR) is 76.3 cm³/mol. The highest BCUT2D eigenvalue weighted by Gasteiger charge is 2.30. The van der Waals surface area contributed by atoms with Crippen molar-refractivity contribution in [2.75, 3.05) is 6.54 Å². The van der Waals surface area contributed by atoms with E-state index in [0.717, 1.165) is 16.9 Å². The molecule has 1 rings (SSSR count). The summed E-state index contributed by atoms with van der Waals surface area (Å²) in [5, 5.41) is 1.86. The number of rotatable bonds is 6. The largest absolute Gasteiger partial charge is 0.326 e. The molecule has 0 amide bonds. The Morgan fingerprint density at radius 3 is 2.50 bits per heavy atom. The smallest absolute Gasteiger partial charge is 0.244 e. The molecule has 1 aromatic heterocycles. The van der Waals surface area contributed by atoms with Gasteiger partial charge in [0.15, 0.2) is 0 Å². The van der Waals surface area contributed by atoms with Gasteiger partial charge < -0.3 is 5.73 Å². The third-order valence-corrected chi connectivity index (χ3v) is 6.32. The molecule has 0 saturated carbocycles. The van der Waals surface area contributed by atoms with Crippen LogP contribution in [0.5, 0.6) is 0 Å². The molecule has 0 fully saturated rings. The maximum Gasteiger partial charge on any atom is 0.244 e. The molecule has 0 saturated heterocycles. The molecule has 0 bridgehead atoms. The molecule has 1 heterocycles. The number of thiophene rings is 1. The van der Waals surface area contributed by atoms with Crippen LogP contribution in [0.4, 0.5) is 0 Å². The van der Waals surface area contributed by atoms with E-state index in [4.69, 9.17) is 5.73 Å². The Labute approximate surface area is 114 Å². The van der Waals surface area contributed by atoms with Crippen molar-refractivity contribution >= 4 is 21.4 Å². The molecule has 0 atom stereocenters. The molecular formula is C12H22N2O2S2. The first-order chi connectivity index (χ1) is 8.36. The Morgan fingerprint density at radius 1 is 1.44 bits per heavy atom. The van der Waals surface area contributed by atoms with E-state index in [1.807, 2.05) is 33.1 Å². The molecule has 0 aliphatic rings. The number of sulfonamides is 1. The van der Waals surface area contributed by atoms with Crippen molar-refractivity contribution in [2.45, 2.75) is 51.6 Å². The number of nitrogens with two attached hydrogens (primary N) is 1. The van der Waals surface area contributed by atoms with Crippen LogP contribution >= 0.6 is 11.3 Å². The number of nitrogens with zero attached hydrogens (tertiary/aromatic N) is 1. The van der Waals surface area contributed by atoms with Gasteiger partial charge in [0.25, 0.3) is 0 Å². The van der Waals surface area contributed by atoms with Crippen LogP contribution in [0.3, 0.4) is 0 Å². The first-order valence-corrected chi connectivity index (χ1v) is 8.47. The Bertz CT molecular complexity index is 492. The molecule has 0 unspecified atom stereocenters. The SMILES string of the molecule is CCCN(C(C)C)S(=O)(=O)c1c(C)csc1CN. The van der Waals surface area contributed by atoms with Gasteiger partial charge in [-0.3, -0.25) is 0 Å². The van der Waals surface area contributed by atoms with E-state index < -0.39 is 10.0 Å². The monoisotopic (exact) mass is 290 g/mol. The summed E-state index contributed by atoms with van der Waals surface area (Å²) < 4.78 is 27.0. The fourth-order valence-corrected chi connectivity index (χ4v) is 5.35. The van der Waals surface area contributed by atoms with Crippen molar-refractivity contribution < 1.29 is 8.42 Å². The van der Waals surface area contributed by atoms with Gasteiger partial charge >= 0.3 is 0 Å². The molecule has 18 heavy (non-hydrogen) atoms. The van der Waals surface area contributed by atoms with E-state index in [0.29, 0.717) is 11.4 Å². The Morgan fingerprint density at radius 2 is 2.06 bits per heavy atom. The maximum atomic E-state index is 12.7. The van der Waals surface area contributed by atoms with Crippen LogP contribution in [-0.2, 0) is 16.6 Å². The molecule has 104 valence electrons. The number of aryl methyl sites for hydroxylation is 1. The molecule has 0 aliphatic carbocycles. The topological polar surface area (TPSA) is 63.4 Å². The second-order valence-corrected chi connectivity index (χ2v) is 7.38. The summed E-state index contributed by atoms with van der Waals surface area (Å²) in [6.07, 6.45) is 0.804. The van der Waals surface area contributed by atoms with Gasteiger partial charge in [0, 0.05) is 24.0 Å².